The van der Waals surface area contributed by atoms with E-state index >= 15 is 0 Å². The number of likely N-dealkylation sites (N-methyl/N-ethyl adjacent to an activating group) is 1. The molecule has 0 saturated carbocycles. The zero-order valence-corrected chi connectivity index (χ0v) is 12.5. The maximum atomic E-state index is 9.46. The number of nitrogens with one attached hydrogen (secondary N) is 1. The van der Waals surface area contributed by atoms with Gasteiger partial charge in [-0.2, -0.15) is 0 Å². The van der Waals surface area contributed by atoms with Crippen LogP contribution in [0, 0.1) is 0 Å². The molecular weight excluding hydrogens is 280 g/mol. The summed E-state index contributed by atoms with van der Waals surface area (Å²) >= 11 is 3.50. The highest BCUT2D eigenvalue weighted by Gasteiger charge is 2.13. The largest absolute Gasteiger partial charge is 0.392 e. The molecule has 4 heteroatoms. The Morgan fingerprint density at radius 1 is 1.41 bits per heavy atom. The molecule has 2 unspecified atom stereocenters. The fourth-order valence-corrected chi connectivity index (χ4v) is 2.25. The minimum atomic E-state index is -0.332. The second-order valence-electron chi connectivity index (χ2n) is 4.44. The minimum absolute atomic E-state index is 0.277. The third kappa shape index (κ3) is 3.98. The third-order valence-corrected chi connectivity index (χ3v) is 3.33. The van der Waals surface area contributed by atoms with Crippen LogP contribution in [0.25, 0.3) is 0 Å². The highest BCUT2D eigenvalue weighted by atomic mass is 79.9. The fraction of sp³-hybridized carbons (Fsp3) is 0.538. The molecule has 96 valence electrons. The van der Waals surface area contributed by atoms with Crippen LogP contribution in [0.5, 0.6) is 0 Å². The molecule has 0 aromatic heterocycles. The van der Waals surface area contributed by atoms with Crippen molar-refractivity contribution in [2.75, 3.05) is 25.5 Å². The molecule has 1 aromatic carbocycles. The Labute approximate surface area is 112 Å². The first-order chi connectivity index (χ1) is 7.95. The van der Waals surface area contributed by atoms with Gasteiger partial charge in [0.2, 0.25) is 0 Å². The van der Waals surface area contributed by atoms with E-state index in [1.807, 2.05) is 20.2 Å². The van der Waals surface area contributed by atoms with Gasteiger partial charge < -0.3 is 15.3 Å². The molecule has 0 saturated heterocycles. The maximum absolute atomic E-state index is 9.46. The number of anilines is 1. The lowest BCUT2D eigenvalue weighted by molar-refractivity contribution is 0.201. The van der Waals surface area contributed by atoms with Crippen LogP contribution in [0.4, 0.5) is 5.69 Å². The Bertz CT molecular complexity index is 368. The molecule has 0 aliphatic heterocycles. The average molecular weight is 301 g/mol. The molecule has 0 radical (unpaired) electrons. The molecule has 0 heterocycles. The molecule has 17 heavy (non-hydrogen) atoms. The van der Waals surface area contributed by atoms with E-state index in [1.165, 1.54) is 5.56 Å². The quantitative estimate of drug-likeness (QED) is 0.877. The van der Waals surface area contributed by atoms with Crippen LogP contribution in [-0.4, -0.2) is 31.9 Å². The summed E-state index contributed by atoms with van der Waals surface area (Å²) in [7, 11) is 3.95. The molecule has 0 fully saturated rings. The summed E-state index contributed by atoms with van der Waals surface area (Å²) in [5, 5.41) is 12.7. The zero-order valence-electron chi connectivity index (χ0n) is 10.9. The number of halogens is 1. The SMILES string of the molecule is CNC(C)c1cc(Br)ccc1N(C)CC(C)O. The van der Waals surface area contributed by atoms with Gasteiger partial charge >= 0.3 is 0 Å². The summed E-state index contributed by atoms with van der Waals surface area (Å²) < 4.78 is 1.07. The molecule has 3 nitrogen and oxygen atoms in total. The Balaban J connectivity index is 3.05. The second-order valence-corrected chi connectivity index (χ2v) is 5.36. The highest BCUT2D eigenvalue weighted by Crippen LogP contribution is 2.28. The van der Waals surface area contributed by atoms with Crippen molar-refractivity contribution in [1.82, 2.24) is 5.32 Å². The molecular formula is C13H21BrN2O. The molecule has 1 aromatic rings. The van der Waals surface area contributed by atoms with Crippen LogP contribution in [0.15, 0.2) is 22.7 Å². The summed E-state index contributed by atoms with van der Waals surface area (Å²) in [6.45, 7) is 4.56. The third-order valence-electron chi connectivity index (χ3n) is 2.84. The number of nitrogens with zero attached hydrogens (tertiary/aromatic N) is 1. The molecule has 1 rings (SSSR count). The van der Waals surface area contributed by atoms with Crippen molar-refractivity contribution in [1.29, 1.82) is 0 Å². The normalized spacial score (nSPS) is 14.5. The van der Waals surface area contributed by atoms with Crippen molar-refractivity contribution >= 4 is 21.6 Å². The van der Waals surface area contributed by atoms with Gasteiger partial charge in [0.05, 0.1) is 6.10 Å². The van der Waals surface area contributed by atoms with Crippen molar-refractivity contribution < 1.29 is 5.11 Å². The van der Waals surface area contributed by atoms with Gasteiger partial charge in [-0.1, -0.05) is 15.9 Å². The van der Waals surface area contributed by atoms with Crippen molar-refractivity contribution in [3.63, 3.8) is 0 Å². The van der Waals surface area contributed by atoms with E-state index in [0.29, 0.717) is 6.54 Å². The number of benzene rings is 1. The summed E-state index contributed by atoms with van der Waals surface area (Å²) in [6.07, 6.45) is -0.332. The summed E-state index contributed by atoms with van der Waals surface area (Å²) in [5.41, 5.74) is 2.38. The van der Waals surface area contributed by atoms with Crippen LogP contribution in [0.1, 0.15) is 25.5 Å². The molecule has 0 aliphatic rings. The molecule has 2 N–H and O–H groups in total. The molecule has 0 aliphatic carbocycles. The first kappa shape index (κ1) is 14.5. The number of hydrogen-bond donors (Lipinski definition) is 2. The molecule has 2 atom stereocenters. The van der Waals surface area contributed by atoms with Gasteiger partial charge in [-0.3, -0.25) is 0 Å². The average Bonchev–Trinajstić information content (AvgIpc) is 2.26. The van der Waals surface area contributed by atoms with E-state index in [1.54, 1.807) is 6.92 Å². The summed E-state index contributed by atoms with van der Waals surface area (Å²) in [6, 6.07) is 6.50. The van der Waals surface area contributed by atoms with Gasteiger partial charge in [-0.15, -0.1) is 0 Å². The van der Waals surface area contributed by atoms with Gasteiger partial charge in [-0.05, 0) is 44.7 Å². The summed E-state index contributed by atoms with van der Waals surface area (Å²) in [5.74, 6) is 0. The van der Waals surface area contributed by atoms with Gasteiger partial charge in [-0.25, -0.2) is 0 Å². The van der Waals surface area contributed by atoms with E-state index in [0.717, 1.165) is 10.2 Å². The van der Waals surface area contributed by atoms with Crippen LogP contribution >= 0.6 is 15.9 Å². The van der Waals surface area contributed by atoms with E-state index in [2.05, 4.69) is 45.2 Å². The maximum Gasteiger partial charge on any atom is 0.0686 e. The minimum Gasteiger partial charge on any atom is -0.392 e. The second kappa shape index (κ2) is 6.38. The Morgan fingerprint density at radius 2 is 2.06 bits per heavy atom. The first-order valence-corrected chi connectivity index (χ1v) is 6.61. The number of hydrogen-bond acceptors (Lipinski definition) is 3. The Morgan fingerprint density at radius 3 is 2.59 bits per heavy atom. The van der Waals surface area contributed by atoms with E-state index in [-0.39, 0.29) is 12.1 Å². The lowest BCUT2D eigenvalue weighted by Crippen LogP contribution is -2.28. The van der Waals surface area contributed by atoms with Crippen LogP contribution < -0.4 is 10.2 Å². The molecule has 0 amide bonds. The van der Waals surface area contributed by atoms with Gasteiger partial charge in [0, 0.05) is 29.8 Å². The van der Waals surface area contributed by atoms with Gasteiger partial charge in [0.1, 0.15) is 0 Å². The summed E-state index contributed by atoms with van der Waals surface area (Å²) in [4.78, 5) is 2.08. The molecule has 0 spiro atoms. The molecule has 0 bridgehead atoms. The predicted octanol–water partition coefficient (Wildman–Crippen LogP) is 2.55. The lowest BCUT2D eigenvalue weighted by Gasteiger charge is -2.26. The topological polar surface area (TPSA) is 35.5 Å². The smallest absolute Gasteiger partial charge is 0.0686 e. The zero-order chi connectivity index (χ0) is 13.0. The number of aliphatic hydroxyl groups excluding tert-OH is 1. The monoisotopic (exact) mass is 300 g/mol. The Kier molecular flexibility index (Phi) is 5.43. The van der Waals surface area contributed by atoms with Crippen molar-refractivity contribution in [2.24, 2.45) is 0 Å². The standard InChI is InChI=1S/C13H21BrN2O/c1-9(17)8-16(4)13-6-5-11(14)7-12(13)10(2)15-3/h5-7,9-10,15,17H,8H2,1-4H3. The number of rotatable bonds is 5. The fourth-order valence-electron chi connectivity index (χ4n) is 1.87. The first-order valence-electron chi connectivity index (χ1n) is 5.81. The number of aliphatic hydroxyl groups is 1. The lowest BCUT2D eigenvalue weighted by atomic mass is 10.1. The van der Waals surface area contributed by atoms with Gasteiger partial charge in [0.15, 0.2) is 0 Å². The van der Waals surface area contributed by atoms with Crippen molar-refractivity contribution in [3.8, 4) is 0 Å². The van der Waals surface area contributed by atoms with E-state index in [9.17, 15) is 5.11 Å². The van der Waals surface area contributed by atoms with Crippen LogP contribution in [0.3, 0.4) is 0 Å². The van der Waals surface area contributed by atoms with E-state index in [4.69, 9.17) is 0 Å². The van der Waals surface area contributed by atoms with Crippen LogP contribution in [-0.2, 0) is 0 Å². The van der Waals surface area contributed by atoms with Crippen molar-refractivity contribution in [3.05, 3.63) is 28.2 Å². The van der Waals surface area contributed by atoms with Gasteiger partial charge in [0.25, 0.3) is 0 Å². The predicted molar refractivity (Wildman–Crippen MR) is 76.6 cm³/mol. The van der Waals surface area contributed by atoms with E-state index < -0.39 is 0 Å². The van der Waals surface area contributed by atoms with Crippen LogP contribution in [0.2, 0.25) is 0 Å². The highest BCUT2D eigenvalue weighted by molar-refractivity contribution is 9.10. The van der Waals surface area contributed by atoms with Crippen molar-refractivity contribution in [2.45, 2.75) is 26.0 Å². The Hall–Kier alpha value is -0.580.